The van der Waals surface area contributed by atoms with Crippen LogP contribution >= 0.6 is 11.3 Å². The van der Waals surface area contributed by atoms with Gasteiger partial charge in [0.05, 0.1) is 12.1 Å². The molecule has 3 nitrogen and oxygen atoms in total. The zero-order valence-corrected chi connectivity index (χ0v) is 10.6. The molecular formula is C13H13N3S. The van der Waals surface area contributed by atoms with Crippen LogP contribution in [0, 0.1) is 25.2 Å². The Hall–Kier alpha value is -1.86. The number of aryl methyl sites for hydroxylation is 2. The smallest absolute Gasteiger partial charge is 0.144 e. The van der Waals surface area contributed by atoms with Crippen molar-refractivity contribution in [2.75, 3.05) is 5.32 Å². The van der Waals surface area contributed by atoms with Gasteiger partial charge in [-0.1, -0.05) is 0 Å². The summed E-state index contributed by atoms with van der Waals surface area (Å²) < 4.78 is 0. The Labute approximate surface area is 105 Å². The van der Waals surface area contributed by atoms with Crippen LogP contribution in [0.4, 0.5) is 5.82 Å². The Morgan fingerprint density at radius 2 is 2.18 bits per heavy atom. The van der Waals surface area contributed by atoms with Gasteiger partial charge in [0, 0.05) is 10.6 Å². The molecular weight excluding hydrogens is 230 g/mol. The van der Waals surface area contributed by atoms with E-state index in [2.05, 4.69) is 34.7 Å². The van der Waals surface area contributed by atoms with Crippen LogP contribution in [0.5, 0.6) is 0 Å². The Morgan fingerprint density at radius 3 is 2.82 bits per heavy atom. The topological polar surface area (TPSA) is 48.7 Å². The molecule has 0 spiro atoms. The first-order valence-corrected chi connectivity index (χ1v) is 6.23. The van der Waals surface area contributed by atoms with Gasteiger partial charge in [-0.15, -0.1) is 11.3 Å². The first-order valence-electron chi connectivity index (χ1n) is 5.35. The van der Waals surface area contributed by atoms with Gasteiger partial charge in [0.2, 0.25) is 0 Å². The van der Waals surface area contributed by atoms with E-state index in [0.717, 1.165) is 5.69 Å². The quantitative estimate of drug-likeness (QED) is 0.900. The van der Waals surface area contributed by atoms with Crippen LogP contribution in [0.2, 0.25) is 0 Å². The lowest BCUT2D eigenvalue weighted by Crippen LogP contribution is -2.03. The normalized spacial score (nSPS) is 9.94. The summed E-state index contributed by atoms with van der Waals surface area (Å²) in [6, 6.07) is 7.88. The van der Waals surface area contributed by atoms with Crippen molar-refractivity contribution in [1.29, 1.82) is 5.26 Å². The SMILES string of the molecule is Cc1ccc(C#N)c(NCc2sccc2C)n1. The molecule has 0 aliphatic heterocycles. The molecule has 4 heteroatoms. The standard InChI is InChI=1S/C13H13N3S/c1-9-5-6-17-12(9)8-15-13-11(7-14)4-3-10(2)16-13/h3-6H,8H2,1-2H3,(H,15,16). The predicted octanol–water partition coefficient (Wildman–Crippen LogP) is 3.24. The molecule has 1 N–H and O–H groups in total. The fourth-order valence-corrected chi connectivity index (χ4v) is 2.38. The van der Waals surface area contributed by atoms with Gasteiger partial charge in [0.25, 0.3) is 0 Å². The number of thiophene rings is 1. The van der Waals surface area contributed by atoms with Gasteiger partial charge < -0.3 is 5.32 Å². The maximum Gasteiger partial charge on any atom is 0.144 e. The van der Waals surface area contributed by atoms with Crippen LogP contribution < -0.4 is 5.32 Å². The van der Waals surface area contributed by atoms with Gasteiger partial charge in [-0.05, 0) is 43.0 Å². The fourth-order valence-electron chi connectivity index (χ4n) is 1.53. The maximum atomic E-state index is 8.99. The van der Waals surface area contributed by atoms with E-state index >= 15 is 0 Å². The lowest BCUT2D eigenvalue weighted by molar-refractivity contribution is 1.09. The first-order chi connectivity index (χ1) is 8.20. The average Bonchev–Trinajstić information content (AvgIpc) is 2.72. The minimum absolute atomic E-state index is 0.588. The third kappa shape index (κ3) is 2.63. The molecule has 0 saturated carbocycles. The third-order valence-electron chi connectivity index (χ3n) is 2.54. The van der Waals surface area contributed by atoms with Crippen molar-refractivity contribution in [2.45, 2.75) is 20.4 Å². The molecule has 0 aromatic carbocycles. The van der Waals surface area contributed by atoms with E-state index in [4.69, 9.17) is 5.26 Å². The van der Waals surface area contributed by atoms with E-state index in [1.807, 2.05) is 13.0 Å². The molecule has 2 heterocycles. The highest BCUT2D eigenvalue weighted by Gasteiger charge is 2.05. The van der Waals surface area contributed by atoms with Crippen LogP contribution in [0.1, 0.15) is 21.7 Å². The summed E-state index contributed by atoms with van der Waals surface area (Å²) in [6.07, 6.45) is 0. The third-order valence-corrected chi connectivity index (χ3v) is 3.56. The van der Waals surface area contributed by atoms with Crippen molar-refractivity contribution >= 4 is 17.2 Å². The molecule has 0 aliphatic rings. The van der Waals surface area contributed by atoms with E-state index in [-0.39, 0.29) is 0 Å². The number of hydrogen-bond donors (Lipinski definition) is 1. The van der Waals surface area contributed by atoms with Crippen molar-refractivity contribution in [3.63, 3.8) is 0 Å². The largest absolute Gasteiger partial charge is 0.364 e. The van der Waals surface area contributed by atoms with Crippen molar-refractivity contribution in [3.05, 3.63) is 45.3 Å². The lowest BCUT2D eigenvalue weighted by atomic mass is 10.2. The zero-order chi connectivity index (χ0) is 12.3. The molecule has 0 amide bonds. The molecule has 2 aromatic heterocycles. The second kappa shape index (κ2) is 4.98. The van der Waals surface area contributed by atoms with E-state index in [1.165, 1.54) is 10.4 Å². The maximum absolute atomic E-state index is 8.99. The van der Waals surface area contributed by atoms with Crippen molar-refractivity contribution < 1.29 is 0 Å². The Bertz CT molecular complexity index is 566. The van der Waals surface area contributed by atoms with Crippen LogP contribution in [-0.2, 0) is 6.54 Å². The molecule has 0 fully saturated rings. The fraction of sp³-hybridized carbons (Fsp3) is 0.231. The number of hydrogen-bond acceptors (Lipinski definition) is 4. The summed E-state index contributed by atoms with van der Waals surface area (Å²) in [7, 11) is 0. The second-order valence-corrected chi connectivity index (χ2v) is 4.84. The van der Waals surface area contributed by atoms with E-state index in [0.29, 0.717) is 17.9 Å². The number of rotatable bonds is 3. The van der Waals surface area contributed by atoms with Gasteiger partial charge in [-0.25, -0.2) is 4.98 Å². The Balaban J connectivity index is 2.17. The number of nitriles is 1. The van der Waals surface area contributed by atoms with Crippen molar-refractivity contribution in [3.8, 4) is 6.07 Å². The van der Waals surface area contributed by atoms with Crippen LogP contribution in [-0.4, -0.2) is 4.98 Å². The zero-order valence-electron chi connectivity index (χ0n) is 9.82. The summed E-state index contributed by atoms with van der Waals surface area (Å²) in [5.74, 6) is 0.667. The highest BCUT2D eigenvalue weighted by Crippen LogP contribution is 2.18. The van der Waals surface area contributed by atoms with E-state index in [9.17, 15) is 0 Å². The van der Waals surface area contributed by atoms with Gasteiger partial charge in [0.15, 0.2) is 0 Å². The molecule has 0 radical (unpaired) electrons. The minimum atomic E-state index is 0.588. The Kier molecular flexibility index (Phi) is 3.40. The minimum Gasteiger partial charge on any atom is -0.364 e. The molecule has 17 heavy (non-hydrogen) atoms. The number of anilines is 1. The summed E-state index contributed by atoms with van der Waals surface area (Å²) >= 11 is 1.71. The highest BCUT2D eigenvalue weighted by molar-refractivity contribution is 7.10. The van der Waals surface area contributed by atoms with Crippen LogP contribution in [0.15, 0.2) is 23.6 Å². The highest BCUT2D eigenvalue weighted by atomic mass is 32.1. The summed E-state index contributed by atoms with van der Waals surface area (Å²) in [6.45, 7) is 4.72. The van der Waals surface area contributed by atoms with Crippen LogP contribution in [0.3, 0.4) is 0 Å². The first kappa shape index (κ1) is 11.6. The molecule has 0 saturated heterocycles. The van der Waals surface area contributed by atoms with Gasteiger partial charge in [0.1, 0.15) is 11.9 Å². The summed E-state index contributed by atoms with van der Waals surface area (Å²) in [5.41, 5.74) is 2.77. The number of nitrogens with one attached hydrogen (secondary N) is 1. The van der Waals surface area contributed by atoms with E-state index < -0.39 is 0 Å². The molecule has 2 rings (SSSR count). The number of pyridine rings is 1. The average molecular weight is 243 g/mol. The van der Waals surface area contributed by atoms with Crippen LogP contribution in [0.25, 0.3) is 0 Å². The molecule has 86 valence electrons. The molecule has 0 unspecified atom stereocenters. The van der Waals surface area contributed by atoms with Crippen molar-refractivity contribution in [2.24, 2.45) is 0 Å². The molecule has 0 atom stereocenters. The number of nitrogens with zero attached hydrogens (tertiary/aromatic N) is 2. The van der Waals surface area contributed by atoms with Crippen molar-refractivity contribution in [1.82, 2.24) is 4.98 Å². The summed E-state index contributed by atoms with van der Waals surface area (Å²) in [4.78, 5) is 5.62. The van der Waals surface area contributed by atoms with E-state index in [1.54, 1.807) is 17.4 Å². The van der Waals surface area contributed by atoms with Gasteiger partial charge in [-0.2, -0.15) is 5.26 Å². The number of aromatic nitrogens is 1. The predicted molar refractivity (Wildman–Crippen MR) is 70.1 cm³/mol. The summed E-state index contributed by atoms with van der Waals surface area (Å²) in [5, 5.41) is 14.3. The van der Waals surface area contributed by atoms with Gasteiger partial charge >= 0.3 is 0 Å². The van der Waals surface area contributed by atoms with Gasteiger partial charge in [-0.3, -0.25) is 0 Å². The lowest BCUT2D eigenvalue weighted by Gasteiger charge is -2.07. The second-order valence-electron chi connectivity index (χ2n) is 3.84. The Morgan fingerprint density at radius 1 is 1.35 bits per heavy atom. The monoisotopic (exact) mass is 243 g/mol. The molecule has 2 aromatic rings. The molecule has 0 bridgehead atoms. The molecule has 0 aliphatic carbocycles.